The summed E-state index contributed by atoms with van der Waals surface area (Å²) in [6, 6.07) is 15.5. The van der Waals surface area contributed by atoms with Crippen molar-refractivity contribution < 1.29 is 57.2 Å². The summed E-state index contributed by atoms with van der Waals surface area (Å²) in [5.74, 6) is -0.975. The molecule has 0 bridgehead atoms. The maximum Gasteiger partial charge on any atom is 1.00 e. The Hall–Kier alpha value is -2.70. The molecular formula is C25H18Cl2N3NaO6S. The zero-order valence-electron chi connectivity index (χ0n) is 20.3. The van der Waals surface area contributed by atoms with Crippen molar-refractivity contribution >= 4 is 67.1 Å². The quantitative estimate of drug-likeness (QED) is 0.203. The van der Waals surface area contributed by atoms with Gasteiger partial charge in [-0.1, -0.05) is 53.2 Å². The molecule has 0 aliphatic heterocycles. The number of benzene rings is 4. The van der Waals surface area contributed by atoms with Crippen molar-refractivity contribution in [3.63, 3.8) is 0 Å². The Morgan fingerprint density at radius 2 is 1.71 bits per heavy atom. The van der Waals surface area contributed by atoms with Gasteiger partial charge in [0.05, 0.1) is 34.2 Å². The first kappa shape index (κ1) is 29.9. The summed E-state index contributed by atoms with van der Waals surface area (Å²) in [5.41, 5.74) is -0.00684. The summed E-state index contributed by atoms with van der Waals surface area (Å²) in [5, 5.41) is 25.1. The molecule has 0 radical (unpaired) electrons. The average Bonchev–Trinajstić information content (AvgIpc) is 2.84. The van der Waals surface area contributed by atoms with Crippen LogP contribution in [0.4, 0.5) is 17.1 Å². The minimum atomic E-state index is -4.64. The van der Waals surface area contributed by atoms with Gasteiger partial charge in [-0.25, -0.2) is 0 Å². The van der Waals surface area contributed by atoms with Crippen molar-refractivity contribution in [3.05, 3.63) is 81.8 Å². The Kier molecular flexibility index (Phi) is 9.43. The van der Waals surface area contributed by atoms with Gasteiger partial charge in [0, 0.05) is 17.0 Å². The van der Waals surface area contributed by atoms with Gasteiger partial charge in [0.2, 0.25) is 0 Å². The summed E-state index contributed by atoms with van der Waals surface area (Å²) in [6.07, 6.45) is 0. The number of hydrogen-bond acceptors (Lipinski definition) is 7. The van der Waals surface area contributed by atoms with Crippen LogP contribution in [0.25, 0.3) is 10.8 Å². The number of carbonyl (C=O) groups is 1. The fourth-order valence-corrected chi connectivity index (χ4v) is 5.14. The molecule has 1 amide bonds. The number of hydrogen-bond donors (Lipinski definition) is 2. The first-order valence-electron chi connectivity index (χ1n) is 10.6. The second kappa shape index (κ2) is 12.0. The number of nitrogens with one attached hydrogen (secondary N) is 1. The van der Waals surface area contributed by atoms with E-state index in [2.05, 4.69) is 15.5 Å². The predicted molar refractivity (Wildman–Crippen MR) is 140 cm³/mol. The molecule has 0 aliphatic rings. The maximum absolute atomic E-state index is 13.4. The molecule has 38 heavy (non-hydrogen) atoms. The fraction of sp³-hybridized carbons (Fsp3) is 0.0800. The van der Waals surface area contributed by atoms with Gasteiger partial charge in [-0.3, -0.25) is 9.35 Å². The number of ether oxygens (including phenoxy) is 1. The summed E-state index contributed by atoms with van der Waals surface area (Å²) in [6.45, 7) is 1.39. The van der Waals surface area contributed by atoms with Crippen LogP contribution < -0.4 is 44.7 Å². The van der Waals surface area contributed by atoms with Crippen LogP contribution in [-0.2, 0) is 10.1 Å². The van der Waals surface area contributed by atoms with Crippen LogP contribution in [0, 0.1) is 6.92 Å². The molecule has 4 rings (SSSR count). The Morgan fingerprint density at radius 1 is 1.03 bits per heavy atom. The zero-order valence-corrected chi connectivity index (χ0v) is 24.6. The van der Waals surface area contributed by atoms with Gasteiger partial charge in [-0.2, -0.15) is 18.6 Å². The molecule has 2 N–H and O–H groups in total. The molecule has 4 aromatic carbocycles. The monoisotopic (exact) mass is 581 g/mol. The molecule has 0 aromatic heterocycles. The minimum Gasteiger partial charge on any atom is -0.870 e. The predicted octanol–water partition coefficient (Wildman–Crippen LogP) is 3.46. The van der Waals surface area contributed by atoms with E-state index in [0.29, 0.717) is 16.5 Å². The Morgan fingerprint density at radius 3 is 2.39 bits per heavy atom. The third kappa shape index (κ3) is 6.13. The van der Waals surface area contributed by atoms with Gasteiger partial charge in [0.1, 0.15) is 10.6 Å². The standard InChI is InChI=1S/C25H19Cl2N3O6S.Na/c1-13-20(10-9-19(27)24(13)37(33,34)35)29-30-22-16-6-4-3-5-14(16)11-17(23(22)31)25(32)28-21-12-15(36-2)7-8-18(21)26;/h3-12,31H,1-2H3,(H,28,32)(H,33,34,35);/q;+1/p-1. The van der Waals surface area contributed by atoms with Gasteiger partial charge in [-0.15, -0.1) is 0 Å². The Bertz CT molecular complexity index is 1700. The third-order valence-electron chi connectivity index (χ3n) is 5.49. The van der Waals surface area contributed by atoms with E-state index in [9.17, 15) is 22.9 Å². The van der Waals surface area contributed by atoms with Crippen molar-refractivity contribution in [2.24, 2.45) is 10.2 Å². The summed E-state index contributed by atoms with van der Waals surface area (Å²) in [4.78, 5) is 12.6. The number of nitrogens with zero attached hydrogens (tertiary/aromatic N) is 2. The van der Waals surface area contributed by atoms with E-state index in [1.54, 1.807) is 36.4 Å². The summed E-state index contributed by atoms with van der Waals surface area (Å²) in [7, 11) is -3.17. The molecule has 0 spiro atoms. The van der Waals surface area contributed by atoms with Crippen LogP contribution in [0.5, 0.6) is 11.5 Å². The van der Waals surface area contributed by atoms with E-state index in [0.717, 1.165) is 0 Å². The molecule has 9 nitrogen and oxygen atoms in total. The molecule has 0 atom stereocenters. The molecule has 4 aromatic rings. The largest absolute Gasteiger partial charge is 1.00 e. The molecular weight excluding hydrogens is 564 g/mol. The summed E-state index contributed by atoms with van der Waals surface area (Å²) < 4.78 is 38.2. The van der Waals surface area contributed by atoms with Crippen molar-refractivity contribution in [1.82, 2.24) is 0 Å². The molecule has 0 unspecified atom stereocenters. The summed E-state index contributed by atoms with van der Waals surface area (Å²) >= 11 is 12.1. The molecule has 0 aliphatic carbocycles. The molecule has 0 fully saturated rings. The first-order chi connectivity index (χ1) is 17.5. The van der Waals surface area contributed by atoms with E-state index in [1.165, 1.54) is 38.3 Å². The smallest absolute Gasteiger partial charge is 0.870 e. The number of rotatable bonds is 6. The van der Waals surface area contributed by atoms with Crippen LogP contribution in [-0.4, -0.2) is 26.0 Å². The van der Waals surface area contributed by atoms with Crippen LogP contribution in [0.15, 0.2) is 75.8 Å². The van der Waals surface area contributed by atoms with Crippen molar-refractivity contribution in [3.8, 4) is 11.5 Å². The number of amides is 1. The zero-order chi connectivity index (χ0) is 26.9. The fourth-order valence-electron chi connectivity index (χ4n) is 3.67. The number of fused-ring (bicyclic) bond motifs is 1. The number of carbonyl (C=O) groups excluding carboxylic acids is 1. The second-order valence-corrected chi connectivity index (χ2v) is 9.99. The van der Waals surface area contributed by atoms with E-state index in [1.807, 2.05) is 0 Å². The van der Waals surface area contributed by atoms with Crippen molar-refractivity contribution in [1.29, 1.82) is 0 Å². The van der Waals surface area contributed by atoms with Crippen molar-refractivity contribution in [2.45, 2.75) is 11.8 Å². The molecule has 0 saturated heterocycles. The van der Waals surface area contributed by atoms with Gasteiger partial charge >= 0.3 is 29.6 Å². The molecule has 13 heteroatoms. The number of halogens is 2. The van der Waals surface area contributed by atoms with E-state index >= 15 is 0 Å². The minimum absolute atomic E-state index is 0. The topological polar surface area (TPSA) is 140 Å². The van der Waals surface area contributed by atoms with Crippen LogP contribution >= 0.6 is 23.2 Å². The van der Waals surface area contributed by atoms with E-state index < -0.39 is 26.7 Å². The van der Waals surface area contributed by atoms with Gasteiger partial charge in [0.15, 0.2) is 0 Å². The molecule has 0 saturated carbocycles. The van der Waals surface area contributed by atoms with Gasteiger partial charge in [0.25, 0.3) is 16.0 Å². The number of anilines is 1. The first-order valence-corrected chi connectivity index (χ1v) is 12.8. The second-order valence-electron chi connectivity index (χ2n) is 7.82. The van der Waals surface area contributed by atoms with Gasteiger partial charge in [-0.05, 0) is 48.2 Å². The number of azo groups is 1. The third-order valence-corrected chi connectivity index (χ3v) is 7.29. The van der Waals surface area contributed by atoms with Gasteiger partial charge < -0.3 is 15.2 Å². The molecule has 0 heterocycles. The van der Waals surface area contributed by atoms with Crippen molar-refractivity contribution in [2.75, 3.05) is 12.4 Å². The number of methoxy groups -OCH3 is 1. The van der Waals surface area contributed by atoms with E-state index in [-0.39, 0.29) is 67.8 Å². The van der Waals surface area contributed by atoms with Crippen LogP contribution in [0.2, 0.25) is 10.0 Å². The Labute approximate surface area is 250 Å². The maximum atomic E-state index is 13.4. The average molecular weight is 582 g/mol. The van der Waals surface area contributed by atoms with Crippen LogP contribution in [0.1, 0.15) is 15.9 Å². The van der Waals surface area contributed by atoms with E-state index in [4.69, 9.17) is 27.9 Å². The van der Waals surface area contributed by atoms with Crippen LogP contribution in [0.3, 0.4) is 0 Å². The normalized spacial score (nSPS) is 11.4. The SMILES string of the molecule is COc1ccc(Cl)c(NC(=O)c2cc3ccccc3c(N=Nc3ccc(Cl)c(S(=O)(=O)O)c3C)c2[O-])c1.[Na+]. The molecule has 190 valence electrons. The Balaban J connectivity index is 0.00000400.